The summed E-state index contributed by atoms with van der Waals surface area (Å²) in [6.07, 6.45) is 4.13. The second-order valence-electron chi connectivity index (χ2n) is 3.68. The van der Waals surface area contributed by atoms with E-state index in [0.717, 1.165) is 5.39 Å². The number of fused-ring (bicyclic) bond motifs is 1. The summed E-state index contributed by atoms with van der Waals surface area (Å²) in [4.78, 5) is 8.04. The fraction of sp³-hybridized carbons (Fsp3) is 0.444. The molecule has 0 aromatic carbocycles. The van der Waals surface area contributed by atoms with Gasteiger partial charge in [0.05, 0.1) is 12.8 Å². The molecule has 1 aliphatic carbocycles. The van der Waals surface area contributed by atoms with E-state index in [2.05, 4.69) is 20.2 Å². The molecule has 0 bridgehead atoms. The lowest BCUT2D eigenvalue weighted by atomic mass is 10.4. The molecule has 2 aromatic heterocycles. The monoisotopic (exact) mass is 224 g/mol. The van der Waals surface area contributed by atoms with Gasteiger partial charge in [0.1, 0.15) is 5.39 Å². The van der Waals surface area contributed by atoms with Crippen molar-refractivity contribution in [3.63, 3.8) is 0 Å². The van der Waals surface area contributed by atoms with E-state index in [4.69, 9.17) is 16.3 Å². The fourth-order valence-electron chi connectivity index (χ4n) is 1.37. The summed E-state index contributed by atoms with van der Waals surface area (Å²) in [5.41, 5.74) is 0.612. The minimum atomic E-state index is 0.178. The van der Waals surface area contributed by atoms with E-state index in [0.29, 0.717) is 24.1 Å². The van der Waals surface area contributed by atoms with Crippen LogP contribution in [0.5, 0.6) is 5.88 Å². The van der Waals surface area contributed by atoms with Crippen LogP contribution in [0.25, 0.3) is 11.0 Å². The molecule has 78 valence electrons. The molecule has 0 saturated heterocycles. The van der Waals surface area contributed by atoms with Crippen molar-refractivity contribution >= 4 is 22.6 Å². The minimum absolute atomic E-state index is 0.178. The number of aromatic nitrogens is 4. The van der Waals surface area contributed by atoms with Gasteiger partial charge in [0.15, 0.2) is 5.65 Å². The summed E-state index contributed by atoms with van der Waals surface area (Å²) in [6, 6.07) is 0. The number of H-pyrrole nitrogens is 1. The minimum Gasteiger partial charge on any atom is -0.477 e. The van der Waals surface area contributed by atoms with Crippen LogP contribution in [0.3, 0.4) is 0 Å². The van der Waals surface area contributed by atoms with E-state index in [1.807, 2.05) is 0 Å². The van der Waals surface area contributed by atoms with Gasteiger partial charge in [0, 0.05) is 0 Å². The lowest BCUT2D eigenvalue weighted by molar-refractivity contribution is 0.292. The Kier molecular flexibility index (Phi) is 1.98. The molecule has 1 N–H and O–H groups in total. The van der Waals surface area contributed by atoms with E-state index < -0.39 is 0 Å². The Bertz CT molecular complexity index is 494. The molecule has 1 saturated carbocycles. The highest BCUT2D eigenvalue weighted by molar-refractivity contribution is 6.28. The fourth-order valence-corrected chi connectivity index (χ4v) is 1.53. The van der Waals surface area contributed by atoms with Crippen molar-refractivity contribution in [1.29, 1.82) is 0 Å². The Hall–Kier alpha value is -1.36. The standard InChI is InChI=1S/C9H9ClN4O/c10-9-12-7-6(3-11-14-7)8(13-9)15-4-5-1-2-5/h3,5H,1-2,4H2,(H,11,12,13,14). The Morgan fingerprint density at radius 1 is 1.47 bits per heavy atom. The van der Waals surface area contributed by atoms with Gasteiger partial charge < -0.3 is 4.74 Å². The summed E-state index contributed by atoms with van der Waals surface area (Å²) in [7, 11) is 0. The van der Waals surface area contributed by atoms with Crippen molar-refractivity contribution in [2.45, 2.75) is 12.8 Å². The average molecular weight is 225 g/mol. The first-order valence-corrected chi connectivity index (χ1v) is 5.20. The van der Waals surface area contributed by atoms with Gasteiger partial charge in [-0.25, -0.2) is 0 Å². The molecule has 6 heteroatoms. The first kappa shape index (κ1) is 8.91. The topological polar surface area (TPSA) is 63.7 Å². The lowest BCUT2D eigenvalue weighted by Crippen LogP contribution is -2.01. The molecule has 1 aliphatic rings. The second-order valence-corrected chi connectivity index (χ2v) is 4.02. The van der Waals surface area contributed by atoms with Crippen molar-refractivity contribution in [2.24, 2.45) is 5.92 Å². The number of nitrogens with zero attached hydrogens (tertiary/aromatic N) is 3. The van der Waals surface area contributed by atoms with Gasteiger partial charge in [-0.1, -0.05) is 0 Å². The maximum absolute atomic E-state index is 5.76. The summed E-state index contributed by atoms with van der Waals surface area (Å²) in [6.45, 7) is 0.702. The molecular formula is C9H9ClN4O. The zero-order chi connectivity index (χ0) is 10.3. The van der Waals surface area contributed by atoms with Gasteiger partial charge in [0.2, 0.25) is 11.2 Å². The second kappa shape index (κ2) is 3.34. The Morgan fingerprint density at radius 3 is 3.13 bits per heavy atom. The highest BCUT2D eigenvalue weighted by Gasteiger charge is 2.23. The molecule has 0 aliphatic heterocycles. The number of rotatable bonds is 3. The van der Waals surface area contributed by atoms with Crippen LogP contribution >= 0.6 is 11.6 Å². The summed E-state index contributed by atoms with van der Waals surface area (Å²) >= 11 is 5.76. The molecule has 0 amide bonds. The molecule has 0 radical (unpaired) electrons. The Labute approximate surface area is 90.8 Å². The largest absolute Gasteiger partial charge is 0.477 e. The molecule has 5 nitrogen and oxygen atoms in total. The Morgan fingerprint density at radius 2 is 2.33 bits per heavy atom. The van der Waals surface area contributed by atoms with Gasteiger partial charge in [-0.3, -0.25) is 5.10 Å². The highest BCUT2D eigenvalue weighted by Crippen LogP contribution is 2.30. The first-order chi connectivity index (χ1) is 7.33. The van der Waals surface area contributed by atoms with Crippen molar-refractivity contribution in [1.82, 2.24) is 20.2 Å². The van der Waals surface area contributed by atoms with Gasteiger partial charge in [-0.2, -0.15) is 15.1 Å². The maximum atomic E-state index is 5.76. The predicted molar refractivity (Wildman–Crippen MR) is 54.9 cm³/mol. The van der Waals surface area contributed by atoms with Crippen LogP contribution in [-0.2, 0) is 0 Å². The van der Waals surface area contributed by atoms with Gasteiger partial charge in [0.25, 0.3) is 0 Å². The smallest absolute Gasteiger partial charge is 0.229 e. The summed E-state index contributed by atoms with van der Waals surface area (Å²) in [5, 5.41) is 7.57. The number of hydrogen-bond acceptors (Lipinski definition) is 4. The van der Waals surface area contributed by atoms with Crippen molar-refractivity contribution in [3.05, 3.63) is 11.5 Å². The number of aromatic amines is 1. The van der Waals surface area contributed by atoms with Crippen LogP contribution in [0.2, 0.25) is 5.28 Å². The van der Waals surface area contributed by atoms with E-state index in [-0.39, 0.29) is 5.28 Å². The van der Waals surface area contributed by atoms with Gasteiger partial charge in [-0.15, -0.1) is 0 Å². The van der Waals surface area contributed by atoms with Crippen molar-refractivity contribution in [2.75, 3.05) is 6.61 Å². The maximum Gasteiger partial charge on any atom is 0.229 e. The van der Waals surface area contributed by atoms with Crippen LogP contribution in [0.15, 0.2) is 6.20 Å². The third-order valence-electron chi connectivity index (χ3n) is 2.40. The summed E-state index contributed by atoms with van der Waals surface area (Å²) < 4.78 is 5.59. The molecule has 2 aromatic rings. The molecule has 1 fully saturated rings. The molecule has 2 heterocycles. The van der Waals surface area contributed by atoms with Crippen LogP contribution in [-0.4, -0.2) is 26.8 Å². The van der Waals surface area contributed by atoms with Crippen molar-refractivity contribution < 1.29 is 4.74 Å². The van der Waals surface area contributed by atoms with E-state index in [1.54, 1.807) is 6.20 Å². The normalized spacial score (nSPS) is 15.8. The number of halogens is 1. The van der Waals surface area contributed by atoms with E-state index in [1.165, 1.54) is 12.8 Å². The third kappa shape index (κ3) is 1.74. The van der Waals surface area contributed by atoms with Crippen molar-refractivity contribution in [3.8, 4) is 5.88 Å². The van der Waals surface area contributed by atoms with Gasteiger partial charge >= 0.3 is 0 Å². The quantitative estimate of drug-likeness (QED) is 0.808. The number of nitrogens with one attached hydrogen (secondary N) is 1. The SMILES string of the molecule is Clc1nc(OCC2CC2)c2cn[nH]c2n1. The zero-order valence-corrected chi connectivity index (χ0v) is 8.66. The number of hydrogen-bond donors (Lipinski definition) is 1. The van der Waals surface area contributed by atoms with Crippen LogP contribution < -0.4 is 4.74 Å². The summed E-state index contributed by atoms with van der Waals surface area (Å²) in [5.74, 6) is 1.20. The average Bonchev–Trinajstić information content (AvgIpc) is 2.92. The molecule has 0 unspecified atom stereocenters. The zero-order valence-electron chi connectivity index (χ0n) is 7.90. The van der Waals surface area contributed by atoms with Crippen LogP contribution in [0.1, 0.15) is 12.8 Å². The van der Waals surface area contributed by atoms with Gasteiger partial charge in [-0.05, 0) is 30.4 Å². The molecule has 3 rings (SSSR count). The highest BCUT2D eigenvalue weighted by atomic mass is 35.5. The number of ether oxygens (including phenoxy) is 1. The van der Waals surface area contributed by atoms with E-state index >= 15 is 0 Å². The molecule has 15 heavy (non-hydrogen) atoms. The molecule has 0 spiro atoms. The lowest BCUT2D eigenvalue weighted by Gasteiger charge is -2.04. The molecular weight excluding hydrogens is 216 g/mol. The first-order valence-electron chi connectivity index (χ1n) is 4.82. The predicted octanol–water partition coefficient (Wildman–Crippen LogP) is 1.80. The van der Waals surface area contributed by atoms with Crippen LogP contribution in [0.4, 0.5) is 0 Å². The third-order valence-corrected chi connectivity index (χ3v) is 2.57. The Balaban J connectivity index is 1.95. The van der Waals surface area contributed by atoms with Crippen LogP contribution in [0, 0.1) is 5.92 Å². The van der Waals surface area contributed by atoms with E-state index in [9.17, 15) is 0 Å². The molecule has 0 atom stereocenters.